The standard InChI is InChI=1S/C7H18N2.H4N2/c1-3-9(4-2)7-5-6-8;1-2/h3-8H2,1-2H3;1-2H2. The van der Waals surface area contributed by atoms with E-state index in [0.717, 1.165) is 32.6 Å². The average molecular weight is 162 g/mol. The second kappa shape index (κ2) is 12.5. The highest BCUT2D eigenvalue weighted by molar-refractivity contribution is 4.51. The number of nitrogens with two attached hydrogens (primary N) is 3. The van der Waals surface area contributed by atoms with Gasteiger partial charge in [-0.05, 0) is 32.6 Å². The van der Waals surface area contributed by atoms with E-state index in [9.17, 15) is 0 Å². The van der Waals surface area contributed by atoms with E-state index in [2.05, 4.69) is 30.4 Å². The van der Waals surface area contributed by atoms with Gasteiger partial charge in [0, 0.05) is 0 Å². The Kier molecular flexibility index (Phi) is 15.3. The highest BCUT2D eigenvalue weighted by Gasteiger charge is 1.94. The molecule has 0 aliphatic heterocycles. The van der Waals surface area contributed by atoms with E-state index in [1.165, 1.54) is 0 Å². The van der Waals surface area contributed by atoms with Gasteiger partial charge in [-0.15, -0.1) is 0 Å². The maximum absolute atomic E-state index is 5.36. The highest BCUT2D eigenvalue weighted by atomic mass is 15.1. The molecule has 0 rings (SSSR count). The summed E-state index contributed by atoms with van der Waals surface area (Å²) in [6.07, 6.45) is 1.13. The van der Waals surface area contributed by atoms with Gasteiger partial charge in [0.2, 0.25) is 0 Å². The monoisotopic (exact) mass is 162 g/mol. The molecule has 70 valence electrons. The zero-order valence-corrected chi connectivity index (χ0v) is 7.71. The van der Waals surface area contributed by atoms with Crippen molar-refractivity contribution < 1.29 is 0 Å². The van der Waals surface area contributed by atoms with Crippen molar-refractivity contribution in [2.75, 3.05) is 26.2 Å². The molecular formula is C7H22N4. The summed E-state index contributed by atoms with van der Waals surface area (Å²) in [6, 6.07) is 0. The van der Waals surface area contributed by atoms with Crippen LogP contribution in [0.1, 0.15) is 20.3 Å². The molecule has 4 heteroatoms. The normalized spacial score (nSPS) is 9.27. The van der Waals surface area contributed by atoms with Gasteiger partial charge in [0.1, 0.15) is 0 Å². The topological polar surface area (TPSA) is 81.3 Å². The van der Waals surface area contributed by atoms with Crippen LogP contribution in [0.15, 0.2) is 0 Å². The molecule has 0 unspecified atom stereocenters. The van der Waals surface area contributed by atoms with Crippen molar-refractivity contribution in [1.29, 1.82) is 0 Å². The van der Waals surface area contributed by atoms with Crippen molar-refractivity contribution in [3.05, 3.63) is 0 Å². The van der Waals surface area contributed by atoms with Crippen LogP contribution >= 0.6 is 0 Å². The molecule has 11 heavy (non-hydrogen) atoms. The van der Waals surface area contributed by atoms with Crippen LogP contribution in [0.2, 0.25) is 0 Å². The molecule has 0 heterocycles. The van der Waals surface area contributed by atoms with Crippen molar-refractivity contribution in [3.8, 4) is 0 Å². The third-order valence-electron chi connectivity index (χ3n) is 1.57. The second-order valence-corrected chi connectivity index (χ2v) is 2.17. The van der Waals surface area contributed by atoms with Crippen LogP contribution in [0, 0.1) is 0 Å². The first-order valence-corrected chi connectivity index (χ1v) is 4.10. The first kappa shape index (κ1) is 13.4. The number of nitrogens with zero attached hydrogens (tertiary/aromatic N) is 1. The van der Waals surface area contributed by atoms with Crippen LogP contribution in [0.4, 0.5) is 0 Å². The van der Waals surface area contributed by atoms with Gasteiger partial charge in [0.15, 0.2) is 0 Å². The summed E-state index contributed by atoms with van der Waals surface area (Å²) in [7, 11) is 0. The van der Waals surface area contributed by atoms with Gasteiger partial charge in [0.25, 0.3) is 0 Å². The Hall–Kier alpha value is -0.160. The maximum atomic E-state index is 5.36. The molecule has 0 fully saturated rings. The van der Waals surface area contributed by atoms with Crippen molar-refractivity contribution in [2.45, 2.75) is 20.3 Å². The summed E-state index contributed by atoms with van der Waals surface area (Å²) in [6.45, 7) is 8.63. The Balaban J connectivity index is 0. The Morgan fingerprint density at radius 1 is 1.09 bits per heavy atom. The molecule has 0 spiro atoms. The van der Waals surface area contributed by atoms with Gasteiger partial charge in [-0.2, -0.15) is 0 Å². The lowest BCUT2D eigenvalue weighted by Crippen LogP contribution is -2.25. The Morgan fingerprint density at radius 2 is 1.55 bits per heavy atom. The number of rotatable bonds is 5. The molecular weight excluding hydrogens is 140 g/mol. The zero-order valence-electron chi connectivity index (χ0n) is 7.71. The van der Waals surface area contributed by atoms with E-state index in [4.69, 9.17) is 5.73 Å². The van der Waals surface area contributed by atoms with E-state index >= 15 is 0 Å². The number of hydrogen-bond acceptors (Lipinski definition) is 4. The van der Waals surface area contributed by atoms with Crippen LogP contribution < -0.4 is 17.4 Å². The minimum atomic E-state index is 0.816. The van der Waals surface area contributed by atoms with E-state index in [1.54, 1.807) is 0 Å². The fraction of sp³-hybridized carbons (Fsp3) is 1.00. The minimum Gasteiger partial charge on any atom is -0.330 e. The van der Waals surface area contributed by atoms with E-state index in [1.807, 2.05) is 0 Å². The van der Waals surface area contributed by atoms with Crippen molar-refractivity contribution in [3.63, 3.8) is 0 Å². The van der Waals surface area contributed by atoms with E-state index in [-0.39, 0.29) is 0 Å². The molecule has 0 aromatic rings. The molecule has 0 aromatic carbocycles. The van der Waals surface area contributed by atoms with Crippen LogP contribution in [0.25, 0.3) is 0 Å². The molecule has 0 bridgehead atoms. The van der Waals surface area contributed by atoms with E-state index in [0.29, 0.717) is 0 Å². The summed E-state index contributed by atoms with van der Waals surface area (Å²) in [5.41, 5.74) is 5.36. The zero-order chi connectivity index (χ0) is 9.11. The first-order chi connectivity index (χ1) is 5.35. The van der Waals surface area contributed by atoms with Crippen LogP contribution in [0.5, 0.6) is 0 Å². The van der Waals surface area contributed by atoms with Gasteiger partial charge in [-0.25, -0.2) is 0 Å². The lowest BCUT2D eigenvalue weighted by Gasteiger charge is -2.16. The van der Waals surface area contributed by atoms with Crippen LogP contribution in [0.3, 0.4) is 0 Å². The molecule has 4 nitrogen and oxygen atoms in total. The molecule has 0 saturated heterocycles. The molecule has 0 aliphatic carbocycles. The van der Waals surface area contributed by atoms with Crippen molar-refractivity contribution >= 4 is 0 Å². The number of hydrazine groups is 1. The van der Waals surface area contributed by atoms with Gasteiger partial charge in [0.05, 0.1) is 0 Å². The SMILES string of the molecule is CCN(CC)CCCN.NN. The fourth-order valence-corrected chi connectivity index (χ4v) is 0.855. The van der Waals surface area contributed by atoms with Gasteiger partial charge in [-0.3, -0.25) is 11.7 Å². The molecule has 0 aliphatic rings. The first-order valence-electron chi connectivity index (χ1n) is 4.10. The quantitative estimate of drug-likeness (QED) is 0.376. The summed E-state index contributed by atoms with van der Waals surface area (Å²) < 4.78 is 0. The lowest BCUT2D eigenvalue weighted by atomic mass is 10.4. The predicted octanol–water partition coefficient (Wildman–Crippen LogP) is -0.504. The Morgan fingerprint density at radius 3 is 1.82 bits per heavy atom. The van der Waals surface area contributed by atoms with Crippen molar-refractivity contribution in [1.82, 2.24) is 4.90 Å². The second-order valence-electron chi connectivity index (χ2n) is 2.17. The van der Waals surface area contributed by atoms with Gasteiger partial charge < -0.3 is 10.6 Å². The molecule has 0 saturated carbocycles. The van der Waals surface area contributed by atoms with Crippen LogP contribution in [-0.2, 0) is 0 Å². The summed E-state index contributed by atoms with van der Waals surface area (Å²) in [4.78, 5) is 2.38. The summed E-state index contributed by atoms with van der Waals surface area (Å²) >= 11 is 0. The van der Waals surface area contributed by atoms with E-state index < -0.39 is 0 Å². The van der Waals surface area contributed by atoms with Gasteiger partial charge in [-0.1, -0.05) is 13.8 Å². The molecule has 0 amide bonds. The molecule has 6 N–H and O–H groups in total. The Bertz CT molecular complexity index is 54.4. The predicted molar refractivity (Wildman–Crippen MR) is 49.8 cm³/mol. The summed E-state index contributed by atoms with van der Waals surface area (Å²) in [5.74, 6) is 8.00. The van der Waals surface area contributed by atoms with Gasteiger partial charge >= 0.3 is 0 Å². The number of hydrogen-bond donors (Lipinski definition) is 3. The lowest BCUT2D eigenvalue weighted by molar-refractivity contribution is 0.302. The smallest absolute Gasteiger partial charge is 0.000695 e. The Labute approximate surface area is 69.7 Å². The van der Waals surface area contributed by atoms with Crippen LogP contribution in [-0.4, -0.2) is 31.1 Å². The highest BCUT2D eigenvalue weighted by Crippen LogP contribution is 1.87. The summed E-state index contributed by atoms with van der Waals surface area (Å²) in [5, 5.41) is 0. The average Bonchev–Trinajstić information content (AvgIpc) is 2.10. The molecule has 0 aromatic heterocycles. The third-order valence-corrected chi connectivity index (χ3v) is 1.57. The molecule has 0 atom stereocenters. The minimum absolute atomic E-state index is 0.816. The largest absolute Gasteiger partial charge is 0.330 e. The molecule has 0 radical (unpaired) electrons. The third kappa shape index (κ3) is 9.84. The fourth-order valence-electron chi connectivity index (χ4n) is 0.855. The maximum Gasteiger partial charge on any atom is -0.000695 e. The van der Waals surface area contributed by atoms with Crippen molar-refractivity contribution in [2.24, 2.45) is 17.4 Å².